The van der Waals surface area contributed by atoms with Gasteiger partial charge < -0.3 is 0 Å². The predicted molar refractivity (Wildman–Crippen MR) is 75.7 cm³/mol. The largest absolute Gasteiger partial charge is 0.417 e. The smallest absolute Gasteiger partial charge is 0.258 e. The quantitative estimate of drug-likeness (QED) is 0.335. The fraction of sp³-hybridized carbons (Fsp3) is 0.200. The number of halogens is 5. The fourth-order valence-corrected chi connectivity index (χ4v) is 3.36. The Balaban J connectivity index is 2.70. The molecule has 0 aromatic carbocycles. The van der Waals surface area contributed by atoms with Crippen LogP contribution in [0.5, 0.6) is 0 Å². The van der Waals surface area contributed by atoms with Crippen LogP contribution in [0.3, 0.4) is 0 Å². The SMILES string of the molecule is O=[N+]([O-])c1cnn(C2=C(Cl)C=C(C(F)(F)F)C(=S(=O)=O)C2Cl)c1. The molecule has 0 saturated heterocycles. The summed E-state index contributed by atoms with van der Waals surface area (Å²) in [5.74, 6) is 0. The lowest BCUT2D eigenvalue weighted by atomic mass is 10.0. The monoisotopic (exact) mass is 389 g/mol. The molecule has 7 nitrogen and oxygen atoms in total. The molecule has 0 radical (unpaired) electrons. The highest BCUT2D eigenvalue weighted by molar-refractivity contribution is 7.73. The zero-order valence-corrected chi connectivity index (χ0v) is 12.9. The van der Waals surface area contributed by atoms with Gasteiger partial charge in [0.2, 0.25) is 10.3 Å². The van der Waals surface area contributed by atoms with Crippen LogP contribution in [-0.2, 0) is 10.3 Å². The predicted octanol–water partition coefficient (Wildman–Crippen LogP) is 2.36. The molecule has 0 fully saturated rings. The molecular weight excluding hydrogens is 386 g/mol. The van der Waals surface area contributed by atoms with E-state index in [-0.39, 0.29) is 5.70 Å². The van der Waals surface area contributed by atoms with Crippen LogP contribution >= 0.6 is 23.2 Å². The van der Waals surface area contributed by atoms with Crippen molar-refractivity contribution in [3.8, 4) is 0 Å². The van der Waals surface area contributed by atoms with Crippen molar-refractivity contribution >= 4 is 49.7 Å². The maximum atomic E-state index is 12.9. The van der Waals surface area contributed by atoms with Crippen molar-refractivity contribution in [2.45, 2.75) is 11.6 Å². The third-order valence-corrected chi connectivity index (χ3v) is 4.43. The maximum Gasteiger partial charge on any atom is 0.417 e. The van der Waals surface area contributed by atoms with E-state index in [4.69, 9.17) is 23.2 Å². The first-order valence-electron chi connectivity index (χ1n) is 5.52. The molecule has 0 aliphatic heterocycles. The summed E-state index contributed by atoms with van der Waals surface area (Å²) in [6, 6.07) is 0. The number of nitrogens with zero attached hydrogens (tertiary/aromatic N) is 3. The van der Waals surface area contributed by atoms with Gasteiger partial charge in [-0.05, 0) is 6.08 Å². The van der Waals surface area contributed by atoms with Gasteiger partial charge in [-0.25, -0.2) is 4.68 Å². The van der Waals surface area contributed by atoms with E-state index in [1.54, 1.807) is 0 Å². The second kappa shape index (κ2) is 5.98. The van der Waals surface area contributed by atoms with E-state index in [0.717, 1.165) is 17.1 Å². The lowest BCUT2D eigenvalue weighted by molar-refractivity contribution is -0.384. The highest BCUT2D eigenvalue weighted by Crippen LogP contribution is 2.38. The molecular formula is C10H4Cl2F3N3O4S. The number of hydrogen-bond acceptors (Lipinski definition) is 5. The average molecular weight is 390 g/mol. The molecule has 0 amide bonds. The Labute approximate surface area is 137 Å². The van der Waals surface area contributed by atoms with Crippen molar-refractivity contribution in [3.63, 3.8) is 0 Å². The molecule has 1 unspecified atom stereocenters. The first kappa shape index (κ1) is 17.5. The molecule has 0 bridgehead atoms. The molecule has 1 aliphatic rings. The summed E-state index contributed by atoms with van der Waals surface area (Å²) >= 11 is 11.6. The van der Waals surface area contributed by atoms with Crippen LogP contribution in [0.15, 0.2) is 29.1 Å². The molecule has 2 rings (SSSR count). The topological polar surface area (TPSA) is 95.1 Å². The van der Waals surface area contributed by atoms with E-state index >= 15 is 0 Å². The Morgan fingerprint density at radius 2 is 2.00 bits per heavy atom. The number of rotatable bonds is 2. The summed E-state index contributed by atoms with van der Waals surface area (Å²) in [6.07, 6.45) is -2.94. The van der Waals surface area contributed by atoms with Gasteiger partial charge in [0.25, 0.3) is 0 Å². The van der Waals surface area contributed by atoms with Crippen molar-refractivity contribution in [1.29, 1.82) is 0 Å². The molecule has 1 atom stereocenters. The molecule has 23 heavy (non-hydrogen) atoms. The summed E-state index contributed by atoms with van der Waals surface area (Å²) in [5, 5.41) is 11.8. The molecule has 1 aromatic heterocycles. The van der Waals surface area contributed by atoms with Gasteiger partial charge in [-0.3, -0.25) is 10.1 Å². The van der Waals surface area contributed by atoms with Crippen LogP contribution in [0, 0.1) is 10.1 Å². The summed E-state index contributed by atoms with van der Waals surface area (Å²) in [6.45, 7) is 0. The number of hydrogen-bond donors (Lipinski definition) is 0. The number of allylic oxidation sites excluding steroid dienone is 4. The standard InChI is InChI=1S/C10H4Cl2F3N3O4S/c11-6-1-5(10(13,14)15)9(23(21)22)7(12)8(6)17-3-4(2-16-17)18(19)20/h1-3,7H. The van der Waals surface area contributed by atoms with E-state index < -0.39 is 47.9 Å². The molecule has 13 heteroatoms. The van der Waals surface area contributed by atoms with Crippen LogP contribution in [0.4, 0.5) is 18.9 Å². The Morgan fingerprint density at radius 3 is 2.43 bits per heavy atom. The lowest BCUT2D eigenvalue weighted by Gasteiger charge is -2.23. The number of nitro groups is 1. The Kier molecular flexibility index (Phi) is 4.55. The Bertz CT molecular complexity index is 877. The molecule has 0 saturated carbocycles. The first-order valence-corrected chi connectivity index (χ1v) is 7.41. The van der Waals surface area contributed by atoms with Crippen LogP contribution < -0.4 is 0 Å². The summed E-state index contributed by atoms with van der Waals surface area (Å²) in [4.78, 5) is 8.69. The van der Waals surface area contributed by atoms with E-state index in [0.29, 0.717) is 6.08 Å². The maximum absolute atomic E-state index is 12.9. The Hall–Kier alpha value is -1.85. The van der Waals surface area contributed by atoms with E-state index in [1.165, 1.54) is 0 Å². The van der Waals surface area contributed by atoms with Gasteiger partial charge >= 0.3 is 11.9 Å². The van der Waals surface area contributed by atoms with Crippen molar-refractivity contribution in [2.24, 2.45) is 0 Å². The zero-order chi connectivity index (χ0) is 17.5. The lowest BCUT2D eigenvalue weighted by Crippen LogP contribution is -2.33. The number of alkyl halides is 4. The minimum absolute atomic E-state index is 0.339. The van der Waals surface area contributed by atoms with Crippen LogP contribution in [-0.4, -0.2) is 39.5 Å². The van der Waals surface area contributed by atoms with E-state index in [9.17, 15) is 31.7 Å². The average Bonchev–Trinajstić information content (AvgIpc) is 2.85. The second-order valence-corrected chi connectivity index (χ2v) is 5.90. The Morgan fingerprint density at radius 1 is 1.39 bits per heavy atom. The third-order valence-electron chi connectivity index (χ3n) is 2.76. The summed E-state index contributed by atoms with van der Waals surface area (Å²) < 4.78 is 61.8. The van der Waals surface area contributed by atoms with Gasteiger partial charge in [0, 0.05) is 0 Å². The normalized spacial score (nSPS) is 18.9. The van der Waals surface area contributed by atoms with Crippen molar-refractivity contribution < 1.29 is 26.5 Å². The molecule has 0 spiro atoms. The van der Waals surface area contributed by atoms with Crippen molar-refractivity contribution in [3.05, 3.63) is 39.2 Å². The van der Waals surface area contributed by atoms with Crippen LogP contribution in [0.2, 0.25) is 0 Å². The van der Waals surface area contributed by atoms with E-state index in [2.05, 4.69) is 5.10 Å². The van der Waals surface area contributed by atoms with Crippen molar-refractivity contribution in [2.75, 3.05) is 0 Å². The van der Waals surface area contributed by atoms with Crippen molar-refractivity contribution in [1.82, 2.24) is 9.78 Å². The summed E-state index contributed by atoms with van der Waals surface area (Å²) in [5.41, 5.74) is -2.32. The molecule has 124 valence electrons. The summed E-state index contributed by atoms with van der Waals surface area (Å²) in [7, 11) is -3.29. The number of aromatic nitrogens is 2. The molecule has 1 heterocycles. The van der Waals surface area contributed by atoms with Gasteiger partial charge in [0.05, 0.1) is 21.2 Å². The van der Waals surface area contributed by atoms with Gasteiger partial charge in [-0.1, -0.05) is 11.6 Å². The first-order chi connectivity index (χ1) is 10.5. The van der Waals surface area contributed by atoms with Crippen LogP contribution in [0.25, 0.3) is 5.70 Å². The van der Waals surface area contributed by atoms with Gasteiger partial charge in [-0.2, -0.15) is 26.7 Å². The van der Waals surface area contributed by atoms with Gasteiger partial charge in [0.15, 0.2) is 0 Å². The third kappa shape index (κ3) is 3.26. The minimum atomic E-state index is -5.00. The molecule has 1 aromatic rings. The molecule has 1 aliphatic carbocycles. The highest BCUT2D eigenvalue weighted by Gasteiger charge is 2.44. The minimum Gasteiger partial charge on any atom is -0.258 e. The second-order valence-electron chi connectivity index (χ2n) is 4.15. The highest BCUT2D eigenvalue weighted by atomic mass is 35.5. The van der Waals surface area contributed by atoms with E-state index in [1.807, 2.05) is 0 Å². The fourth-order valence-electron chi connectivity index (χ4n) is 1.81. The van der Waals surface area contributed by atoms with Crippen LogP contribution in [0.1, 0.15) is 0 Å². The molecule has 0 N–H and O–H groups in total. The zero-order valence-electron chi connectivity index (χ0n) is 10.6. The van der Waals surface area contributed by atoms with Gasteiger partial charge in [0.1, 0.15) is 22.6 Å². The van der Waals surface area contributed by atoms with Gasteiger partial charge in [-0.15, -0.1) is 11.6 Å².